The smallest absolute Gasteiger partial charge is 0.265 e. The number of carbonyl (C=O) groups excluding carboxylic acids is 1. The second-order valence-corrected chi connectivity index (χ2v) is 5.63. The van der Waals surface area contributed by atoms with Crippen molar-refractivity contribution in [1.82, 2.24) is 9.97 Å². The summed E-state index contributed by atoms with van der Waals surface area (Å²) in [5, 5.41) is 5.15. The molecule has 0 atom stereocenters. The van der Waals surface area contributed by atoms with Crippen molar-refractivity contribution in [3.63, 3.8) is 0 Å². The third kappa shape index (κ3) is 3.21. The van der Waals surface area contributed by atoms with Gasteiger partial charge in [-0.05, 0) is 24.3 Å². The Bertz CT molecular complexity index is 827. The molecule has 1 aromatic carbocycles. The maximum absolute atomic E-state index is 12.6. The number of hydrogen-bond donors (Lipinski definition) is 1. The molecule has 24 heavy (non-hydrogen) atoms. The number of hydrogen-bond acceptors (Lipinski definition) is 6. The van der Waals surface area contributed by atoms with E-state index in [-0.39, 0.29) is 5.91 Å². The lowest BCUT2D eigenvalue weighted by atomic mass is 10.1. The molecule has 1 N–H and O–H groups in total. The summed E-state index contributed by atoms with van der Waals surface area (Å²) in [5.74, 6) is 0.545. The molecule has 0 saturated carbocycles. The van der Waals surface area contributed by atoms with Gasteiger partial charge in [0.15, 0.2) is 5.13 Å². The van der Waals surface area contributed by atoms with Gasteiger partial charge in [0.05, 0.1) is 19.9 Å². The zero-order chi connectivity index (χ0) is 16.9. The minimum atomic E-state index is -0.337. The largest absolute Gasteiger partial charge is 0.496 e. The van der Waals surface area contributed by atoms with Crippen LogP contribution in [0, 0.1) is 0 Å². The van der Waals surface area contributed by atoms with Gasteiger partial charge in [0.1, 0.15) is 17.1 Å². The molecule has 0 aliphatic carbocycles. The van der Waals surface area contributed by atoms with Crippen LogP contribution in [-0.4, -0.2) is 30.1 Å². The molecule has 0 aliphatic heterocycles. The number of thiazole rings is 1. The van der Waals surface area contributed by atoms with E-state index in [0.29, 0.717) is 22.2 Å². The Morgan fingerprint density at radius 3 is 2.50 bits per heavy atom. The lowest BCUT2D eigenvalue weighted by molar-refractivity contribution is 0.102. The average Bonchev–Trinajstić information content (AvgIpc) is 3.10. The summed E-state index contributed by atoms with van der Waals surface area (Å²) in [6.45, 7) is 0. The zero-order valence-electron chi connectivity index (χ0n) is 13.1. The molecule has 0 bridgehead atoms. The molecule has 122 valence electrons. The molecule has 6 nitrogen and oxygen atoms in total. The quantitative estimate of drug-likeness (QED) is 0.769. The number of anilines is 1. The molecule has 0 aliphatic rings. The van der Waals surface area contributed by atoms with E-state index < -0.39 is 0 Å². The van der Waals surface area contributed by atoms with Gasteiger partial charge >= 0.3 is 0 Å². The first-order valence-electron chi connectivity index (χ1n) is 7.11. The van der Waals surface area contributed by atoms with Crippen LogP contribution in [0.25, 0.3) is 11.3 Å². The van der Waals surface area contributed by atoms with Crippen molar-refractivity contribution in [3.05, 3.63) is 53.7 Å². The predicted octanol–water partition coefficient (Wildman–Crippen LogP) is 3.47. The minimum absolute atomic E-state index is 0.334. The first-order valence-corrected chi connectivity index (χ1v) is 7.99. The summed E-state index contributed by atoms with van der Waals surface area (Å²) in [5.41, 5.74) is 1.99. The lowest BCUT2D eigenvalue weighted by Gasteiger charge is -2.11. The molecule has 3 aromatic rings. The normalized spacial score (nSPS) is 10.2. The molecule has 0 fully saturated rings. The number of nitrogens with one attached hydrogen (secondary N) is 1. The third-order valence-corrected chi connectivity index (χ3v) is 4.09. The third-order valence-electron chi connectivity index (χ3n) is 3.34. The van der Waals surface area contributed by atoms with E-state index in [2.05, 4.69) is 15.3 Å². The van der Waals surface area contributed by atoms with Crippen molar-refractivity contribution in [2.24, 2.45) is 0 Å². The Labute approximate surface area is 143 Å². The molecule has 0 unspecified atom stereocenters. The number of aromatic nitrogens is 2. The zero-order valence-corrected chi connectivity index (χ0v) is 14.0. The molecular formula is C17H15N3O3S. The molecule has 2 aromatic heterocycles. The van der Waals surface area contributed by atoms with Gasteiger partial charge in [0, 0.05) is 23.3 Å². The average molecular weight is 341 g/mol. The SMILES string of the molecule is COc1cccc(OC)c1C(=O)Nc1nc(-c2cccnc2)cs1. The van der Waals surface area contributed by atoms with E-state index in [0.717, 1.165) is 11.3 Å². The van der Waals surface area contributed by atoms with Crippen molar-refractivity contribution >= 4 is 22.4 Å². The van der Waals surface area contributed by atoms with Gasteiger partial charge < -0.3 is 9.47 Å². The van der Waals surface area contributed by atoms with Gasteiger partial charge in [-0.1, -0.05) is 6.07 Å². The summed E-state index contributed by atoms with van der Waals surface area (Å²) < 4.78 is 10.5. The van der Waals surface area contributed by atoms with Gasteiger partial charge in [0.25, 0.3) is 5.91 Å². The van der Waals surface area contributed by atoms with Crippen LogP contribution in [0.3, 0.4) is 0 Å². The molecule has 0 radical (unpaired) electrons. The van der Waals surface area contributed by atoms with Gasteiger partial charge in [-0.15, -0.1) is 11.3 Å². The number of carbonyl (C=O) groups is 1. The Hall–Kier alpha value is -2.93. The second-order valence-electron chi connectivity index (χ2n) is 4.77. The Morgan fingerprint density at radius 1 is 1.12 bits per heavy atom. The standard InChI is InChI=1S/C17H15N3O3S/c1-22-13-6-3-7-14(23-2)15(13)16(21)20-17-19-12(10-24-17)11-5-4-8-18-9-11/h3-10H,1-2H3,(H,19,20,21). The summed E-state index contributed by atoms with van der Waals surface area (Å²) >= 11 is 1.34. The highest BCUT2D eigenvalue weighted by atomic mass is 32.1. The summed E-state index contributed by atoms with van der Waals surface area (Å²) in [4.78, 5) is 21.1. The van der Waals surface area contributed by atoms with E-state index in [1.54, 1.807) is 30.6 Å². The summed E-state index contributed by atoms with van der Waals surface area (Å²) in [6, 6.07) is 8.93. The topological polar surface area (TPSA) is 73.3 Å². The Morgan fingerprint density at radius 2 is 1.88 bits per heavy atom. The number of nitrogens with zero attached hydrogens (tertiary/aromatic N) is 2. The van der Waals surface area contributed by atoms with E-state index in [1.807, 2.05) is 17.5 Å². The number of benzene rings is 1. The highest BCUT2D eigenvalue weighted by molar-refractivity contribution is 7.14. The van der Waals surface area contributed by atoms with E-state index in [4.69, 9.17) is 9.47 Å². The van der Waals surface area contributed by atoms with Gasteiger partial charge in [-0.3, -0.25) is 15.1 Å². The van der Waals surface area contributed by atoms with Crippen molar-refractivity contribution in [2.75, 3.05) is 19.5 Å². The van der Waals surface area contributed by atoms with Crippen LogP contribution in [0.2, 0.25) is 0 Å². The highest BCUT2D eigenvalue weighted by Gasteiger charge is 2.19. The first-order chi connectivity index (χ1) is 11.7. The van der Waals surface area contributed by atoms with Crippen molar-refractivity contribution in [3.8, 4) is 22.8 Å². The monoisotopic (exact) mass is 341 g/mol. The maximum atomic E-state index is 12.6. The number of amides is 1. The van der Waals surface area contributed by atoms with Crippen LogP contribution in [0.5, 0.6) is 11.5 Å². The van der Waals surface area contributed by atoms with Crippen molar-refractivity contribution in [2.45, 2.75) is 0 Å². The van der Waals surface area contributed by atoms with Crippen LogP contribution in [0.4, 0.5) is 5.13 Å². The van der Waals surface area contributed by atoms with Crippen LogP contribution in [0.1, 0.15) is 10.4 Å². The van der Waals surface area contributed by atoms with Crippen LogP contribution >= 0.6 is 11.3 Å². The van der Waals surface area contributed by atoms with Crippen molar-refractivity contribution in [1.29, 1.82) is 0 Å². The van der Waals surface area contributed by atoms with E-state index in [1.165, 1.54) is 25.6 Å². The fourth-order valence-corrected chi connectivity index (χ4v) is 2.93. The van der Waals surface area contributed by atoms with Gasteiger partial charge in [-0.25, -0.2) is 4.98 Å². The fraction of sp³-hybridized carbons (Fsp3) is 0.118. The predicted molar refractivity (Wildman–Crippen MR) is 92.8 cm³/mol. The fourth-order valence-electron chi connectivity index (χ4n) is 2.21. The second kappa shape index (κ2) is 7.10. The molecule has 2 heterocycles. The molecular weight excluding hydrogens is 326 g/mol. The van der Waals surface area contributed by atoms with Gasteiger partial charge in [-0.2, -0.15) is 0 Å². The molecule has 0 saturated heterocycles. The number of methoxy groups -OCH3 is 2. The Kier molecular flexibility index (Phi) is 4.72. The van der Waals surface area contributed by atoms with E-state index in [9.17, 15) is 4.79 Å². The molecule has 3 rings (SSSR count). The van der Waals surface area contributed by atoms with Crippen LogP contribution < -0.4 is 14.8 Å². The van der Waals surface area contributed by atoms with Crippen molar-refractivity contribution < 1.29 is 14.3 Å². The lowest BCUT2D eigenvalue weighted by Crippen LogP contribution is -2.14. The first kappa shape index (κ1) is 15.9. The van der Waals surface area contributed by atoms with Gasteiger partial charge in [0.2, 0.25) is 0 Å². The van der Waals surface area contributed by atoms with Crippen LogP contribution in [0.15, 0.2) is 48.1 Å². The Balaban J connectivity index is 1.85. The molecule has 7 heteroatoms. The summed E-state index contributed by atoms with van der Waals surface area (Å²) in [6.07, 6.45) is 3.43. The highest BCUT2D eigenvalue weighted by Crippen LogP contribution is 2.30. The molecule has 0 spiro atoms. The molecule has 1 amide bonds. The number of rotatable bonds is 5. The number of pyridine rings is 1. The summed E-state index contributed by atoms with van der Waals surface area (Å²) in [7, 11) is 3.02. The van der Waals surface area contributed by atoms with E-state index >= 15 is 0 Å². The maximum Gasteiger partial charge on any atom is 0.265 e. The number of ether oxygens (including phenoxy) is 2. The van der Waals surface area contributed by atoms with Crippen LogP contribution in [-0.2, 0) is 0 Å². The minimum Gasteiger partial charge on any atom is -0.496 e.